The van der Waals surface area contributed by atoms with Crippen molar-refractivity contribution in [2.75, 3.05) is 29.0 Å². The molecule has 0 aliphatic carbocycles. The topological polar surface area (TPSA) is 126 Å². The maximum Gasteiger partial charge on any atom is 0.227 e. The first-order valence-corrected chi connectivity index (χ1v) is 10.1. The summed E-state index contributed by atoms with van der Waals surface area (Å²) < 4.78 is 0. The molecule has 156 valence electrons. The third-order valence-corrected chi connectivity index (χ3v) is 5.15. The van der Waals surface area contributed by atoms with Gasteiger partial charge in [-0.1, -0.05) is 19.8 Å². The molecule has 9 nitrogen and oxygen atoms in total. The summed E-state index contributed by atoms with van der Waals surface area (Å²) in [5, 5.41) is 6.33. The van der Waals surface area contributed by atoms with Gasteiger partial charge in [-0.05, 0) is 25.8 Å². The summed E-state index contributed by atoms with van der Waals surface area (Å²) in [5.41, 5.74) is 7.42. The van der Waals surface area contributed by atoms with Gasteiger partial charge in [-0.2, -0.15) is 4.98 Å². The van der Waals surface area contributed by atoms with Gasteiger partial charge in [0.25, 0.3) is 0 Å². The number of hydrogen-bond acceptors (Lipinski definition) is 7. The quantitative estimate of drug-likeness (QED) is 0.621. The minimum absolute atomic E-state index is 0.0837. The van der Waals surface area contributed by atoms with E-state index in [0.717, 1.165) is 31.4 Å². The fourth-order valence-corrected chi connectivity index (χ4v) is 3.55. The number of pyridine rings is 1. The van der Waals surface area contributed by atoms with Gasteiger partial charge in [-0.3, -0.25) is 9.59 Å². The number of anilines is 3. The van der Waals surface area contributed by atoms with Gasteiger partial charge in [-0.25, -0.2) is 9.97 Å². The summed E-state index contributed by atoms with van der Waals surface area (Å²) in [6, 6.07) is 1.83. The summed E-state index contributed by atoms with van der Waals surface area (Å²) >= 11 is 0. The first-order chi connectivity index (χ1) is 13.8. The molecule has 4 N–H and O–H groups in total. The van der Waals surface area contributed by atoms with E-state index in [1.54, 1.807) is 11.1 Å². The molecule has 2 aromatic heterocycles. The number of fused-ring (bicyclic) bond motifs is 1. The van der Waals surface area contributed by atoms with Crippen LogP contribution < -0.4 is 21.3 Å². The molecular weight excluding hydrogens is 370 g/mol. The molecule has 0 saturated carbocycles. The third kappa shape index (κ3) is 4.90. The van der Waals surface area contributed by atoms with Crippen LogP contribution in [0.15, 0.2) is 12.3 Å². The molecule has 2 amide bonds. The Hall–Kier alpha value is -2.97. The van der Waals surface area contributed by atoms with Crippen LogP contribution in [-0.2, 0) is 9.59 Å². The summed E-state index contributed by atoms with van der Waals surface area (Å²) in [5.74, 6) is 0.661. The zero-order valence-electron chi connectivity index (χ0n) is 17.3. The highest BCUT2D eigenvalue weighted by Crippen LogP contribution is 2.29. The Labute approximate surface area is 170 Å². The molecule has 3 heterocycles. The van der Waals surface area contributed by atoms with Crippen molar-refractivity contribution in [3.8, 4) is 0 Å². The normalized spacial score (nSPS) is 16.1. The molecule has 0 aromatic carbocycles. The average Bonchev–Trinajstić information content (AvgIpc) is 3.10. The minimum atomic E-state index is -0.416. The second kappa shape index (κ2) is 8.59. The first kappa shape index (κ1) is 20.8. The highest BCUT2D eigenvalue weighted by atomic mass is 16.2. The molecule has 9 heteroatoms. The molecule has 2 aromatic rings. The van der Waals surface area contributed by atoms with E-state index in [2.05, 4.69) is 32.5 Å². The number of unbranched alkanes of at least 4 members (excludes halogenated alkanes) is 1. The van der Waals surface area contributed by atoms with Gasteiger partial charge in [-0.15, -0.1) is 0 Å². The smallest absolute Gasteiger partial charge is 0.227 e. The summed E-state index contributed by atoms with van der Waals surface area (Å²) in [7, 11) is 0. The lowest BCUT2D eigenvalue weighted by Gasteiger charge is -2.32. The van der Waals surface area contributed by atoms with Crippen LogP contribution in [0, 0.1) is 0 Å². The zero-order valence-corrected chi connectivity index (χ0v) is 17.3. The second-order valence-corrected chi connectivity index (χ2v) is 7.84. The van der Waals surface area contributed by atoms with E-state index in [1.165, 1.54) is 6.92 Å². The van der Waals surface area contributed by atoms with Crippen molar-refractivity contribution in [2.45, 2.75) is 58.4 Å². The Balaban J connectivity index is 1.94. The van der Waals surface area contributed by atoms with Crippen LogP contribution in [0.2, 0.25) is 0 Å². The molecule has 0 radical (unpaired) electrons. The third-order valence-electron chi connectivity index (χ3n) is 5.15. The lowest BCUT2D eigenvalue weighted by atomic mass is 9.94. The average molecular weight is 399 g/mol. The summed E-state index contributed by atoms with van der Waals surface area (Å²) in [6.07, 6.45) is 5.94. The van der Waals surface area contributed by atoms with Crippen molar-refractivity contribution in [3.05, 3.63) is 12.3 Å². The summed E-state index contributed by atoms with van der Waals surface area (Å²) in [4.78, 5) is 38.4. The predicted octanol–water partition coefficient (Wildman–Crippen LogP) is 2.23. The predicted molar refractivity (Wildman–Crippen MR) is 114 cm³/mol. The number of nitrogens with two attached hydrogens (primary N) is 1. The Morgan fingerprint density at radius 1 is 1.38 bits per heavy atom. The number of nitrogens with zero attached hydrogens (tertiary/aromatic N) is 4. The number of carbonyl (C=O) groups excluding carboxylic acids is 2. The van der Waals surface area contributed by atoms with Gasteiger partial charge in [0.15, 0.2) is 5.82 Å². The number of carbonyl (C=O) groups is 2. The Morgan fingerprint density at radius 3 is 2.83 bits per heavy atom. The maximum atomic E-state index is 12.1. The minimum Gasteiger partial charge on any atom is -0.368 e. The molecule has 29 heavy (non-hydrogen) atoms. The molecule has 3 rings (SSSR count). The molecule has 1 saturated heterocycles. The van der Waals surface area contributed by atoms with Crippen molar-refractivity contribution in [1.29, 1.82) is 0 Å². The van der Waals surface area contributed by atoms with Crippen molar-refractivity contribution >= 4 is 40.3 Å². The van der Waals surface area contributed by atoms with E-state index < -0.39 is 5.54 Å². The number of nitrogen functional groups attached to an aromatic ring is 1. The molecule has 0 unspecified atom stereocenters. The van der Waals surface area contributed by atoms with E-state index >= 15 is 0 Å². The Morgan fingerprint density at radius 2 is 2.17 bits per heavy atom. The van der Waals surface area contributed by atoms with Crippen LogP contribution in [0.5, 0.6) is 0 Å². The summed E-state index contributed by atoms with van der Waals surface area (Å²) in [6.45, 7) is 6.80. The highest BCUT2D eigenvalue weighted by Gasteiger charge is 2.27. The van der Waals surface area contributed by atoms with Crippen molar-refractivity contribution < 1.29 is 9.59 Å². The van der Waals surface area contributed by atoms with E-state index in [-0.39, 0.29) is 17.8 Å². The molecule has 1 fully saturated rings. The number of nitrogens with one attached hydrogen (secondary N) is 2. The molecular formula is C20H29N7O2. The largest absolute Gasteiger partial charge is 0.368 e. The van der Waals surface area contributed by atoms with Gasteiger partial charge >= 0.3 is 0 Å². The zero-order chi connectivity index (χ0) is 21.0. The molecule has 1 aliphatic heterocycles. The van der Waals surface area contributed by atoms with Crippen LogP contribution in [0.1, 0.15) is 52.9 Å². The van der Waals surface area contributed by atoms with Gasteiger partial charge in [0, 0.05) is 26.4 Å². The van der Waals surface area contributed by atoms with Crippen LogP contribution in [-0.4, -0.2) is 45.4 Å². The van der Waals surface area contributed by atoms with Gasteiger partial charge in [0.2, 0.25) is 17.8 Å². The van der Waals surface area contributed by atoms with Crippen LogP contribution in [0.3, 0.4) is 0 Å². The lowest BCUT2D eigenvalue weighted by molar-refractivity contribution is -0.119. The van der Waals surface area contributed by atoms with Crippen LogP contribution in [0.4, 0.5) is 17.5 Å². The van der Waals surface area contributed by atoms with Crippen molar-refractivity contribution in [3.63, 3.8) is 0 Å². The van der Waals surface area contributed by atoms with Crippen molar-refractivity contribution in [2.24, 2.45) is 0 Å². The van der Waals surface area contributed by atoms with E-state index in [9.17, 15) is 9.59 Å². The molecule has 0 bridgehead atoms. The SMILES string of the molecule is CCCC[C@](C)(CNC(C)=O)Nc1nc(N)nc2cc(N3CCCC3=O)cnc12. The standard InChI is InChI=1S/C20H29N7O2/c1-4-5-8-20(3,12-23-13(2)28)26-18-17-15(24-19(21)25-18)10-14(11-22-17)27-9-6-7-16(27)29/h10-11H,4-9,12H2,1-3H3,(H,23,28)(H3,21,24,25,26)/t20-/m1/s1. The van der Waals surface area contributed by atoms with E-state index in [4.69, 9.17) is 5.73 Å². The number of rotatable bonds is 8. The monoisotopic (exact) mass is 399 g/mol. The number of hydrogen-bond donors (Lipinski definition) is 3. The van der Waals surface area contributed by atoms with Gasteiger partial charge in [0.1, 0.15) is 5.52 Å². The van der Waals surface area contributed by atoms with Gasteiger partial charge in [0.05, 0.1) is 22.9 Å². The van der Waals surface area contributed by atoms with Crippen molar-refractivity contribution in [1.82, 2.24) is 20.3 Å². The van der Waals surface area contributed by atoms with Crippen LogP contribution in [0.25, 0.3) is 11.0 Å². The highest BCUT2D eigenvalue weighted by molar-refractivity contribution is 5.97. The molecule has 0 spiro atoms. The fraction of sp³-hybridized carbons (Fsp3) is 0.550. The Kier molecular flexibility index (Phi) is 6.14. The molecule has 1 atom stereocenters. The first-order valence-electron chi connectivity index (χ1n) is 10.1. The van der Waals surface area contributed by atoms with E-state index in [0.29, 0.717) is 36.4 Å². The number of amides is 2. The number of aromatic nitrogens is 3. The Bertz CT molecular complexity index is 917. The fourth-order valence-electron chi connectivity index (χ4n) is 3.55. The second-order valence-electron chi connectivity index (χ2n) is 7.84. The van der Waals surface area contributed by atoms with Gasteiger partial charge < -0.3 is 21.3 Å². The maximum absolute atomic E-state index is 12.1. The lowest BCUT2D eigenvalue weighted by Crippen LogP contribution is -2.46. The molecule has 1 aliphatic rings. The van der Waals surface area contributed by atoms with E-state index in [1.807, 2.05) is 13.0 Å². The van der Waals surface area contributed by atoms with Crippen LogP contribution >= 0.6 is 0 Å².